The van der Waals surface area contributed by atoms with Crippen molar-refractivity contribution in [2.45, 2.75) is 18.5 Å². The molecule has 11 heteroatoms. The summed E-state index contributed by atoms with van der Waals surface area (Å²) in [6.45, 7) is 1.17. The van der Waals surface area contributed by atoms with Gasteiger partial charge in [-0.15, -0.1) is 0 Å². The third kappa shape index (κ3) is 5.37. The number of anilines is 4. The Kier molecular flexibility index (Phi) is 6.71. The lowest BCUT2D eigenvalue weighted by atomic mass is 10.0. The zero-order valence-corrected chi connectivity index (χ0v) is 20.3. The smallest absolute Gasteiger partial charge is 0.322 e. The molecule has 1 saturated heterocycles. The van der Waals surface area contributed by atoms with Crippen LogP contribution in [0.3, 0.4) is 0 Å². The Morgan fingerprint density at radius 2 is 1.68 bits per heavy atom. The zero-order valence-electron chi connectivity index (χ0n) is 20.3. The number of benzene rings is 3. The van der Waals surface area contributed by atoms with Gasteiger partial charge < -0.3 is 36.8 Å². The number of piperidine rings is 1. The Morgan fingerprint density at radius 3 is 2.41 bits per heavy atom. The number of hydrogen-bond donors (Lipinski definition) is 5. The van der Waals surface area contributed by atoms with Crippen molar-refractivity contribution in [1.29, 1.82) is 0 Å². The summed E-state index contributed by atoms with van der Waals surface area (Å²) in [6, 6.07) is 17.8. The van der Waals surface area contributed by atoms with Gasteiger partial charge in [0.1, 0.15) is 5.75 Å². The molecule has 0 spiro atoms. The quantitative estimate of drug-likeness (QED) is 0.266. The average Bonchev–Trinajstić information content (AvgIpc) is 2.89. The number of carbonyl (C=O) groups is 1. The number of nitrogens with two attached hydrogens (primary N) is 2. The number of phenols is 1. The van der Waals surface area contributed by atoms with Crippen LogP contribution in [0, 0.1) is 0 Å². The van der Waals surface area contributed by atoms with E-state index >= 15 is 0 Å². The Hall–Kier alpha value is -4.48. The molecule has 2 heterocycles. The highest BCUT2D eigenvalue weighted by molar-refractivity contribution is 6.09. The van der Waals surface area contributed by atoms with Crippen LogP contribution in [0.15, 0.2) is 60.7 Å². The molecule has 0 saturated carbocycles. The van der Waals surface area contributed by atoms with E-state index in [1.807, 2.05) is 23.1 Å². The van der Waals surface area contributed by atoms with Gasteiger partial charge in [0, 0.05) is 41.9 Å². The highest BCUT2D eigenvalue weighted by Crippen LogP contribution is 2.29. The summed E-state index contributed by atoms with van der Waals surface area (Å²) in [7, 11) is 1.49. The Bertz CT molecular complexity index is 1420. The first kappa shape index (κ1) is 24.2. The van der Waals surface area contributed by atoms with Crippen molar-refractivity contribution in [2.75, 3.05) is 35.7 Å². The van der Waals surface area contributed by atoms with E-state index in [2.05, 4.69) is 25.6 Å². The summed E-state index contributed by atoms with van der Waals surface area (Å²) in [5, 5.41) is 18.0. The van der Waals surface area contributed by atoms with Gasteiger partial charge in [-0.25, -0.2) is 0 Å². The molecule has 0 radical (unpaired) electrons. The number of aromatic hydroxyl groups is 1. The van der Waals surface area contributed by atoms with E-state index in [1.54, 1.807) is 42.5 Å². The van der Waals surface area contributed by atoms with E-state index in [1.165, 1.54) is 7.11 Å². The van der Waals surface area contributed by atoms with Crippen LogP contribution in [-0.2, 0) is 0 Å². The molecule has 1 aromatic heterocycles. The second-order valence-corrected chi connectivity index (χ2v) is 8.95. The van der Waals surface area contributed by atoms with E-state index in [0.717, 1.165) is 11.8 Å². The van der Waals surface area contributed by atoms with Crippen LogP contribution in [0.4, 0.5) is 23.3 Å². The molecule has 1 aliphatic heterocycles. The number of rotatable bonds is 6. The van der Waals surface area contributed by atoms with Crippen molar-refractivity contribution in [3.8, 4) is 11.8 Å². The van der Waals surface area contributed by atoms with Crippen LogP contribution < -0.4 is 31.7 Å². The Labute approximate surface area is 213 Å². The SMILES string of the molecule is COc1nc(Nc2ccc(NC(=O)c3ccc4ccccc4c3O)cc2)nc(N2C[C@H](N)C[C@H](N)C2)n1. The summed E-state index contributed by atoms with van der Waals surface area (Å²) >= 11 is 0. The maximum atomic E-state index is 12.8. The molecule has 1 fully saturated rings. The van der Waals surface area contributed by atoms with Gasteiger partial charge in [-0.1, -0.05) is 30.3 Å². The average molecular weight is 501 g/mol. The Balaban J connectivity index is 1.30. The molecule has 7 N–H and O–H groups in total. The van der Waals surface area contributed by atoms with Gasteiger partial charge in [-0.05, 0) is 42.1 Å². The molecule has 5 rings (SSSR count). The van der Waals surface area contributed by atoms with Crippen molar-refractivity contribution in [2.24, 2.45) is 11.5 Å². The molecular weight excluding hydrogens is 472 g/mol. The molecule has 0 unspecified atom stereocenters. The number of nitrogens with one attached hydrogen (secondary N) is 2. The van der Waals surface area contributed by atoms with E-state index < -0.39 is 5.91 Å². The van der Waals surface area contributed by atoms with E-state index in [9.17, 15) is 9.90 Å². The van der Waals surface area contributed by atoms with Crippen LogP contribution >= 0.6 is 0 Å². The van der Waals surface area contributed by atoms with Crippen LogP contribution in [-0.4, -0.2) is 58.2 Å². The predicted octanol–water partition coefficient (Wildman–Crippen LogP) is 2.60. The minimum absolute atomic E-state index is 0.0518. The molecule has 0 aliphatic carbocycles. The summed E-state index contributed by atoms with van der Waals surface area (Å²) in [4.78, 5) is 27.9. The van der Waals surface area contributed by atoms with Crippen LogP contribution in [0.2, 0.25) is 0 Å². The van der Waals surface area contributed by atoms with Gasteiger partial charge in [0.25, 0.3) is 5.91 Å². The minimum Gasteiger partial charge on any atom is -0.506 e. The molecule has 37 heavy (non-hydrogen) atoms. The lowest BCUT2D eigenvalue weighted by Gasteiger charge is -2.34. The first-order chi connectivity index (χ1) is 17.9. The second-order valence-electron chi connectivity index (χ2n) is 8.95. The van der Waals surface area contributed by atoms with E-state index in [0.29, 0.717) is 41.7 Å². The second kappa shape index (κ2) is 10.2. The lowest BCUT2D eigenvalue weighted by molar-refractivity contribution is 0.102. The van der Waals surface area contributed by atoms with Gasteiger partial charge >= 0.3 is 6.01 Å². The van der Waals surface area contributed by atoms with Crippen molar-refractivity contribution < 1.29 is 14.6 Å². The molecule has 1 amide bonds. The molecular formula is C26H28N8O3. The number of carbonyl (C=O) groups excluding carboxylic acids is 1. The first-order valence-corrected chi connectivity index (χ1v) is 11.8. The first-order valence-electron chi connectivity index (χ1n) is 11.8. The summed E-state index contributed by atoms with van der Waals surface area (Å²) in [5.41, 5.74) is 13.7. The maximum Gasteiger partial charge on any atom is 0.322 e. The lowest BCUT2D eigenvalue weighted by Crippen LogP contribution is -2.52. The third-order valence-corrected chi connectivity index (χ3v) is 6.13. The largest absolute Gasteiger partial charge is 0.506 e. The number of methoxy groups -OCH3 is 1. The van der Waals surface area contributed by atoms with Crippen LogP contribution in [0.1, 0.15) is 16.8 Å². The zero-order chi connectivity index (χ0) is 25.9. The van der Waals surface area contributed by atoms with Gasteiger partial charge in [0.15, 0.2) is 0 Å². The summed E-state index contributed by atoms with van der Waals surface area (Å²) < 4.78 is 5.26. The highest BCUT2D eigenvalue weighted by Gasteiger charge is 2.25. The molecule has 0 bridgehead atoms. The number of phenolic OH excluding ortho intramolecular Hbond substituents is 1. The van der Waals surface area contributed by atoms with Crippen molar-refractivity contribution in [3.63, 3.8) is 0 Å². The summed E-state index contributed by atoms with van der Waals surface area (Å²) in [5.74, 6) is 0.268. The maximum absolute atomic E-state index is 12.8. The van der Waals surface area contributed by atoms with E-state index in [4.69, 9.17) is 16.2 Å². The van der Waals surface area contributed by atoms with Crippen LogP contribution in [0.25, 0.3) is 10.8 Å². The van der Waals surface area contributed by atoms with E-state index in [-0.39, 0.29) is 29.4 Å². The minimum atomic E-state index is -0.409. The summed E-state index contributed by atoms with van der Waals surface area (Å²) in [6.07, 6.45) is 0.743. The number of hydrogen-bond acceptors (Lipinski definition) is 10. The molecule has 1 aliphatic rings. The van der Waals surface area contributed by atoms with Gasteiger partial charge in [-0.3, -0.25) is 4.79 Å². The van der Waals surface area contributed by atoms with Crippen molar-refractivity contribution >= 4 is 40.0 Å². The number of fused-ring (bicyclic) bond motifs is 1. The highest BCUT2D eigenvalue weighted by atomic mass is 16.5. The monoisotopic (exact) mass is 500 g/mol. The topological polar surface area (TPSA) is 165 Å². The molecule has 2 atom stereocenters. The fourth-order valence-electron chi connectivity index (χ4n) is 4.38. The van der Waals surface area contributed by atoms with Gasteiger partial charge in [0.05, 0.1) is 12.7 Å². The number of amides is 1. The van der Waals surface area contributed by atoms with Crippen molar-refractivity contribution in [1.82, 2.24) is 15.0 Å². The number of aromatic nitrogens is 3. The fraction of sp³-hybridized carbons (Fsp3) is 0.231. The van der Waals surface area contributed by atoms with Gasteiger partial charge in [0.2, 0.25) is 11.9 Å². The number of ether oxygens (including phenoxy) is 1. The molecule has 4 aromatic rings. The molecule has 11 nitrogen and oxygen atoms in total. The normalized spacial score (nSPS) is 17.4. The fourth-order valence-corrected chi connectivity index (χ4v) is 4.38. The number of nitrogens with zero attached hydrogens (tertiary/aromatic N) is 4. The third-order valence-electron chi connectivity index (χ3n) is 6.13. The molecule has 3 aromatic carbocycles. The Morgan fingerprint density at radius 1 is 0.973 bits per heavy atom. The van der Waals surface area contributed by atoms with Crippen molar-refractivity contribution in [3.05, 3.63) is 66.2 Å². The molecule has 190 valence electrons. The standard InChI is InChI=1S/C26H28N8O3/c1-37-26-32-24(31-25(33-26)34-13-16(27)12-17(28)14-34)30-19-9-7-18(8-10-19)29-23(36)21-11-6-15-4-2-3-5-20(15)22(21)35/h2-11,16-17,35H,12-14,27-28H2,1H3,(H,29,36)(H,30,31,32,33)/t16-,17+. The van der Waals surface area contributed by atoms with Crippen LogP contribution in [0.5, 0.6) is 11.8 Å². The van der Waals surface area contributed by atoms with Gasteiger partial charge in [-0.2, -0.15) is 15.0 Å². The predicted molar refractivity (Wildman–Crippen MR) is 142 cm³/mol.